The molecule has 1 amide bonds. The molecule has 0 aliphatic carbocycles. The van der Waals surface area contributed by atoms with Gasteiger partial charge in [-0.1, -0.05) is 24.3 Å². The molecule has 1 heterocycles. The van der Waals surface area contributed by atoms with Crippen molar-refractivity contribution in [3.63, 3.8) is 0 Å². The molecule has 0 spiro atoms. The van der Waals surface area contributed by atoms with E-state index in [4.69, 9.17) is 4.42 Å². The lowest BCUT2D eigenvalue weighted by molar-refractivity contribution is -0.137. The zero-order chi connectivity index (χ0) is 18.9. The van der Waals surface area contributed by atoms with Crippen LogP contribution in [-0.4, -0.2) is 12.5 Å². The third-order valence-electron chi connectivity index (χ3n) is 4.00. The van der Waals surface area contributed by atoms with Gasteiger partial charge in [0.2, 0.25) is 0 Å². The Kier molecular flexibility index (Phi) is 4.54. The van der Waals surface area contributed by atoms with E-state index >= 15 is 0 Å². The molecule has 1 aromatic heterocycles. The van der Waals surface area contributed by atoms with Crippen molar-refractivity contribution in [2.45, 2.75) is 13.1 Å². The average Bonchev–Trinajstić information content (AvgIpc) is 2.62. The van der Waals surface area contributed by atoms with Crippen molar-refractivity contribution in [1.29, 1.82) is 0 Å². The second-order valence-corrected chi connectivity index (χ2v) is 5.58. The Balaban J connectivity index is 2.09. The van der Waals surface area contributed by atoms with Gasteiger partial charge in [0.05, 0.1) is 16.5 Å². The summed E-state index contributed by atoms with van der Waals surface area (Å²) in [6, 6.07) is 11.0. The highest BCUT2D eigenvalue weighted by atomic mass is 19.4. The van der Waals surface area contributed by atoms with Gasteiger partial charge in [0.15, 0.2) is 0 Å². The number of anilines is 1. The van der Waals surface area contributed by atoms with Gasteiger partial charge in [-0.3, -0.25) is 4.79 Å². The minimum atomic E-state index is -4.51. The first-order chi connectivity index (χ1) is 12.3. The molecule has 0 radical (unpaired) electrons. The van der Waals surface area contributed by atoms with Crippen LogP contribution in [0.2, 0.25) is 0 Å². The van der Waals surface area contributed by atoms with Crippen LogP contribution in [0.4, 0.5) is 18.9 Å². The van der Waals surface area contributed by atoms with Crippen LogP contribution in [0.25, 0.3) is 10.8 Å². The lowest BCUT2D eigenvalue weighted by Crippen LogP contribution is -2.31. The van der Waals surface area contributed by atoms with Gasteiger partial charge in [0, 0.05) is 17.6 Å². The summed E-state index contributed by atoms with van der Waals surface area (Å²) in [5.74, 6) is -0.549. The Labute approximate surface area is 146 Å². The number of carbonyl (C=O) groups excluding carboxylic acids is 1. The number of halogens is 3. The van der Waals surface area contributed by atoms with Crippen molar-refractivity contribution in [3.8, 4) is 0 Å². The molecule has 3 rings (SSSR count). The summed E-state index contributed by atoms with van der Waals surface area (Å²) in [6.07, 6.45) is -3.46. The first-order valence-corrected chi connectivity index (χ1v) is 7.82. The molecule has 3 aromatic rings. The van der Waals surface area contributed by atoms with Crippen LogP contribution in [0.1, 0.15) is 22.8 Å². The first kappa shape index (κ1) is 17.7. The molecule has 0 N–H and O–H groups in total. The minimum absolute atomic E-state index is 0.111. The average molecular weight is 361 g/mol. The van der Waals surface area contributed by atoms with Crippen LogP contribution < -0.4 is 10.5 Å². The number of hydrogen-bond donors (Lipinski definition) is 0. The number of amides is 1. The Bertz CT molecular complexity index is 1020. The molecular weight excluding hydrogens is 347 g/mol. The quantitative estimate of drug-likeness (QED) is 0.691. The fourth-order valence-electron chi connectivity index (χ4n) is 2.74. The van der Waals surface area contributed by atoms with E-state index in [1.165, 1.54) is 23.1 Å². The SMILES string of the molecule is CCN(C(=O)c1coc(=O)c2ccccc12)c1cccc(C(F)(F)F)c1. The van der Waals surface area contributed by atoms with Gasteiger partial charge in [0.1, 0.15) is 6.26 Å². The molecule has 0 aliphatic heterocycles. The van der Waals surface area contributed by atoms with Crippen LogP contribution >= 0.6 is 0 Å². The molecular formula is C19H14F3NO3. The van der Waals surface area contributed by atoms with E-state index in [1.54, 1.807) is 25.1 Å². The van der Waals surface area contributed by atoms with Gasteiger partial charge >= 0.3 is 11.8 Å². The third-order valence-corrected chi connectivity index (χ3v) is 4.00. The van der Waals surface area contributed by atoms with E-state index in [1.807, 2.05) is 0 Å². The van der Waals surface area contributed by atoms with E-state index in [-0.39, 0.29) is 23.2 Å². The van der Waals surface area contributed by atoms with Crippen LogP contribution in [0, 0.1) is 0 Å². The molecule has 0 fully saturated rings. The van der Waals surface area contributed by atoms with E-state index in [0.29, 0.717) is 5.39 Å². The van der Waals surface area contributed by atoms with Crippen molar-refractivity contribution in [1.82, 2.24) is 0 Å². The number of benzene rings is 2. The molecule has 0 aliphatic rings. The number of nitrogens with zero attached hydrogens (tertiary/aromatic N) is 1. The van der Waals surface area contributed by atoms with Crippen LogP contribution in [-0.2, 0) is 6.18 Å². The topological polar surface area (TPSA) is 50.5 Å². The molecule has 26 heavy (non-hydrogen) atoms. The maximum atomic E-state index is 13.0. The van der Waals surface area contributed by atoms with E-state index in [0.717, 1.165) is 18.4 Å². The molecule has 0 saturated heterocycles. The third kappa shape index (κ3) is 3.20. The summed E-state index contributed by atoms with van der Waals surface area (Å²) in [7, 11) is 0. The molecule has 0 atom stereocenters. The van der Waals surface area contributed by atoms with Crippen molar-refractivity contribution in [3.05, 3.63) is 76.3 Å². The molecule has 7 heteroatoms. The van der Waals surface area contributed by atoms with Gasteiger partial charge in [-0.15, -0.1) is 0 Å². The van der Waals surface area contributed by atoms with Crippen molar-refractivity contribution < 1.29 is 22.4 Å². The highest BCUT2D eigenvalue weighted by Gasteiger charge is 2.31. The standard InChI is InChI=1S/C19H14F3NO3/c1-2-23(13-7-5-6-12(10-13)19(20,21)22)17(24)16-11-26-18(25)15-9-4-3-8-14(15)16/h3-11H,2H2,1H3. The second-order valence-electron chi connectivity index (χ2n) is 5.58. The summed E-state index contributed by atoms with van der Waals surface area (Å²) >= 11 is 0. The lowest BCUT2D eigenvalue weighted by Gasteiger charge is -2.22. The summed E-state index contributed by atoms with van der Waals surface area (Å²) in [5.41, 5.74) is -1.20. The van der Waals surface area contributed by atoms with Crippen LogP contribution in [0.15, 0.2) is 64.0 Å². The predicted octanol–water partition coefficient (Wildman–Crippen LogP) is 4.48. The largest absolute Gasteiger partial charge is 0.430 e. The minimum Gasteiger partial charge on any atom is -0.430 e. The van der Waals surface area contributed by atoms with Crippen LogP contribution in [0.3, 0.4) is 0 Å². The second kappa shape index (κ2) is 6.67. The number of alkyl halides is 3. The molecule has 134 valence electrons. The maximum absolute atomic E-state index is 13.0. The molecule has 4 nitrogen and oxygen atoms in total. The van der Waals surface area contributed by atoms with Crippen molar-refractivity contribution in [2.75, 3.05) is 11.4 Å². The van der Waals surface area contributed by atoms with Gasteiger partial charge in [-0.2, -0.15) is 13.2 Å². The number of carbonyl (C=O) groups is 1. The predicted molar refractivity (Wildman–Crippen MR) is 91.3 cm³/mol. The van der Waals surface area contributed by atoms with Gasteiger partial charge in [-0.05, 0) is 31.2 Å². The Morgan fingerprint density at radius 2 is 1.77 bits per heavy atom. The van der Waals surface area contributed by atoms with E-state index < -0.39 is 23.3 Å². The fraction of sp³-hybridized carbons (Fsp3) is 0.158. The summed E-state index contributed by atoms with van der Waals surface area (Å²) in [6.45, 7) is 1.80. The molecule has 2 aromatic carbocycles. The highest BCUT2D eigenvalue weighted by Crippen LogP contribution is 2.32. The Hall–Kier alpha value is -3.09. The number of hydrogen-bond acceptors (Lipinski definition) is 3. The van der Waals surface area contributed by atoms with Crippen LogP contribution in [0.5, 0.6) is 0 Å². The summed E-state index contributed by atoms with van der Waals surface area (Å²) in [5, 5.41) is 0.623. The number of fused-ring (bicyclic) bond motifs is 1. The zero-order valence-electron chi connectivity index (χ0n) is 13.7. The maximum Gasteiger partial charge on any atom is 0.416 e. The Morgan fingerprint density at radius 1 is 1.08 bits per heavy atom. The number of rotatable bonds is 3. The van der Waals surface area contributed by atoms with Gasteiger partial charge in [-0.25, -0.2) is 4.79 Å². The lowest BCUT2D eigenvalue weighted by atomic mass is 10.1. The van der Waals surface area contributed by atoms with Crippen molar-refractivity contribution >= 4 is 22.4 Å². The van der Waals surface area contributed by atoms with E-state index in [2.05, 4.69) is 0 Å². The molecule has 0 unspecified atom stereocenters. The highest BCUT2D eigenvalue weighted by molar-refractivity contribution is 6.13. The van der Waals surface area contributed by atoms with Gasteiger partial charge < -0.3 is 9.32 Å². The van der Waals surface area contributed by atoms with Gasteiger partial charge in [0.25, 0.3) is 5.91 Å². The zero-order valence-corrected chi connectivity index (χ0v) is 13.7. The summed E-state index contributed by atoms with van der Waals surface area (Å²) in [4.78, 5) is 26.0. The smallest absolute Gasteiger partial charge is 0.416 e. The fourth-order valence-corrected chi connectivity index (χ4v) is 2.74. The first-order valence-electron chi connectivity index (χ1n) is 7.82. The van der Waals surface area contributed by atoms with Crippen molar-refractivity contribution in [2.24, 2.45) is 0 Å². The normalized spacial score (nSPS) is 11.5. The van der Waals surface area contributed by atoms with E-state index in [9.17, 15) is 22.8 Å². The molecule has 0 saturated carbocycles. The molecule has 0 bridgehead atoms. The Morgan fingerprint density at radius 3 is 2.42 bits per heavy atom. The monoisotopic (exact) mass is 361 g/mol. The summed E-state index contributed by atoms with van der Waals surface area (Å²) < 4.78 is 43.8.